The van der Waals surface area contributed by atoms with Crippen molar-refractivity contribution in [3.05, 3.63) is 0 Å². The van der Waals surface area contributed by atoms with Gasteiger partial charge in [0.25, 0.3) is 0 Å². The van der Waals surface area contributed by atoms with Gasteiger partial charge in [-0.05, 0) is 5.92 Å². The molecule has 0 saturated carbocycles. The molecule has 0 atom stereocenters. The van der Waals surface area contributed by atoms with Crippen LogP contribution in [0.2, 0.25) is 0 Å². The van der Waals surface area contributed by atoms with Crippen LogP contribution in [0.15, 0.2) is 0 Å². The summed E-state index contributed by atoms with van der Waals surface area (Å²) in [6.45, 7) is 0. The molecule has 9 heteroatoms. The molecular weight excluding hydrogens is 258 g/mol. The predicted molar refractivity (Wildman–Crippen MR) is 39.4 cm³/mol. The first kappa shape index (κ1) is 13.8. The van der Waals surface area contributed by atoms with Crippen molar-refractivity contribution in [1.82, 2.24) is 0 Å². The van der Waals surface area contributed by atoms with Gasteiger partial charge in [0.1, 0.15) is 0 Å². The first-order chi connectivity index (χ1) is 7.51. The highest BCUT2D eigenvalue weighted by Crippen LogP contribution is 2.46. The van der Waals surface area contributed by atoms with E-state index in [0.717, 1.165) is 0 Å². The summed E-state index contributed by atoms with van der Waals surface area (Å²) in [4.78, 5) is 21.3. The zero-order valence-electron chi connectivity index (χ0n) is 8.06. The summed E-state index contributed by atoms with van der Waals surface area (Å²) in [6, 6.07) is 0. The van der Waals surface area contributed by atoms with Crippen LogP contribution in [0.4, 0.5) is 26.3 Å². The van der Waals surface area contributed by atoms with E-state index in [1.807, 2.05) is 0 Å². The van der Waals surface area contributed by atoms with Crippen molar-refractivity contribution < 1.29 is 40.7 Å². The third-order valence-electron chi connectivity index (χ3n) is 2.26. The van der Waals surface area contributed by atoms with E-state index in [4.69, 9.17) is 0 Å². The summed E-state index contributed by atoms with van der Waals surface area (Å²) in [5.41, 5.74) is 0. The Kier molecular flexibility index (Phi) is 3.40. The first-order valence-electron chi connectivity index (χ1n) is 4.38. The molecule has 3 nitrogen and oxygen atoms in total. The van der Waals surface area contributed by atoms with Gasteiger partial charge in [-0.1, -0.05) is 0 Å². The number of carbonyl (C=O) groups is 2. The largest absolute Gasteiger partial charge is 0.400 e. The standard InChI is InChI=1S/C8H6F6O3/c9-7(10,11)6(8(12,13)14)3-1-4(15)17-5(16)2-3/h3,6H,1-2H2. The number of hydrogen-bond donors (Lipinski definition) is 0. The highest BCUT2D eigenvalue weighted by atomic mass is 19.4. The fourth-order valence-electron chi connectivity index (χ4n) is 1.67. The molecule has 98 valence electrons. The smallest absolute Gasteiger partial charge is 0.393 e. The Labute approximate surface area is 90.7 Å². The number of halogens is 6. The second-order valence-corrected chi connectivity index (χ2v) is 3.58. The molecule has 1 rings (SSSR count). The fourth-order valence-corrected chi connectivity index (χ4v) is 1.67. The number of rotatable bonds is 1. The van der Waals surface area contributed by atoms with E-state index in [-0.39, 0.29) is 0 Å². The zero-order chi connectivity index (χ0) is 13.4. The van der Waals surface area contributed by atoms with Crippen molar-refractivity contribution in [3.8, 4) is 0 Å². The Bertz CT molecular complexity index is 301. The maximum absolute atomic E-state index is 12.3. The number of esters is 2. The molecular formula is C8H6F6O3. The van der Waals surface area contributed by atoms with Crippen molar-refractivity contribution >= 4 is 11.9 Å². The molecule has 0 radical (unpaired) electrons. The fraction of sp³-hybridized carbons (Fsp3) is 0.750. The summed E-state index contributed by atoms with van der Waals surface area (Å²) in [6.07, 6.45) is -13.3. The Morgan fingerprint density at radius 1 is 0.941 bits per heavy atom. The second kappa shape index (κ2) is 4.19. The maximum atomic E-state index is 12.3. The van der Waals surface area contributed by atoms with E-state index in [2.05, 4.69) is 4.74 Å². The molecule has 1 saturated heterocycles. The minimum absolute atomic E-state index is 1.07. The molecule has 0 aromatic heterocycles. The Balaban J connectivity index is 2.99. The highest BCUT2D eigenvalue weighted by Gasteiger charge is 2.61. The molecule has 1 fully saturated rings. The van der Waals surface area contributed by atoms with Crippen LogP contribution in [-0.4, -0.2) is 24.3 Å². The molecule has 0 aromatic carbocycles. The Hall–Kier alpha value is -1.28. The van der Waals surface area contributed by atoms with Crippen molar-refractivity contribution in [2.75, 3.05) is 0 Å². The lowest BCUT2D eigenvalue weighted by molar-refractivity contribution is -0.300. The third kappa shape index (κ3) is 3.34. The van der Waals surface area contributed by atoms with Crippen molar-refractivity contribution in [1.29, 1.82) is 0 Å². The number of hydrogen-bond acceptors (Lipinski definition) is 3. The molecule has 1 aliphatic rings. The van der Waals surface area contributed by atoms with E-state index in [1.165, 1.54) is 0 Å². The zero-order valence-corrected chi connectivity index (χ0v) is 8.06. The molecule has 0 aliphatic carbocycles. The van der Waals surface area contributed by atoms with Gasteiger partial charge < -0.3 is 4.74 Å². The van der Waals surface area contributed by atoms with Gasteiger partial charge in [-0.3, -0.25) is 9.59 Å². The van der Waals surface area contributed by atoms with Crippen LogP contribution in [0.1, 0.15) is 12.8 Å². The summed E-state index contributed by atoms with van der Waals surface area (Å²) in [7, 11) is 0. The van der Waals surface area contributed by atoms with Crippen LogP contribution in [-0.2, 0) is 14.3 Å². The van der Waals surface area contributed by atoms with Gasteiger partial charge in [-0.15, -0.1) is 0 Å². The lowest BCUT2D eigenvalue weighted by Gasteiger charge is -2.31. The molecule has 0 unspecified atom stereocenters. The van der Waals surface area contributed by atoms with Crippen LogP contribution in [0, 0.1) is 11.8 Å². The van der Waals surface area contributed by atoms with Gasteiger partial charge >= 0.3 is 24.3 Å². The van der Waals surface area contributed by atoms with Crippen LogP contribution < -0.4 is 0 Å². The number of ether oxygens (including phenoxy) is 1. The van der Waals surface area contributed by atoms with Gasteiger partial charge in [-0.25, -0.2) is 0 Å². The Morgan fingerprint density at radius 3 is 1.59 bits per heavy atom. The summed E-state index contributed by atoms with van der Waals surface area (Å²) in [5, 5.41) is 0. The van der Waals surface area contributed by atoms with Crippen LogP contribution in [0.3, 0.4) is 0 Å². The number of alkyl halides is 6. The van der Waals surface area contributed by atoms with E-state index in [9.17, 15) is 35.9 Å². The summed E-state index contributed by atoms with van der Waals surface area (Å²) >= 11 is 0. The summed E-state index contributed by atoms with van der Waals surface area (Å²) < 4.78 is 77.5. The van der Waals surface area contributed by atoms with Crippen LogP contribution in [0.5, 0.6) is 0 Å². The lowest BCUT2D eigenvalue weighted by atomic mass is 9.84. The van der Waals surface area contributed by atoms with Crippen molar-refractivity contribution in [2.24, 2.45) is 11.8 Å². The van der Waals surface area contributed by atoms with E-state index in [1.54, 1.807) is 0 Å². The van der Waals surface area contributed by atoms with Gasteiger partial charge in [0.05, 0.1) is 12.8 Å². The van der Waals surface area contributed by atoms with E-state index in [0.29, 0.717) is 0 Å². The topological polar surface area (TPSA) is 43.4 Å². The first-order valence-corrected chi connectivity index (χ1v) is 4.38. The van der Waals surface area contributed by atoms with Gasteiger partial charge in [0.15, 0.2) is 5.92 Å². The highest BCUT2D eigenvalue weighted by molar-refractivity contribution is 5.88. The normalized spacial score (nSPS) is 19.7. The predicted octanol–water partition coefficient (Wildman–Crippen LogP) is 2.21. The molecule has 17 heavy (non-hydrogen) atoms. The minimum atomic E-state index is -5.55. The average molecular weight is 264 g/mol. The SMILES string of the molecule is O=C1CC(C(C(F)(F)F)C(F)(F)F)CC(=O)O1. The molecule has 0 bridgehead atoms. The molecule has 0 amide bonds. The molecule has 1 heterocycles. The number of carbonyl (C=O) groups excluding carboxylic acids is 2. The van der Waals surface area contributed by atoms with Crippen molar-refractivity contribution in [3.63, 3.8) is 0 Å². The lowest BCUT2D eigenvalue weighted by Crippen LogP contribution is -2.45. The molecule has 0 spiro atoms. The minimum Gasteiger partial charge on any atom is -0.393 e. The van der Waals surface area contributed by atoms with Crippen LogP contribution in [0.25, 0.3) is 0 Å². The van der Waals surface area contributed by atoms with E-state index < -0.39 is 49.0 Å². The Morgan fingerprint density at radius 2 is 1.29 bits per heavy atom. The average Bonchev–Trinajstić information content (AvgIpc) is 1.93. The van der Waals surface area contributed by atoms with Crippen molar-refractivity contribution in [2.45, 2.75) is 25.2 Å². The number of cyclic esters (lactones) is 2. The van der Waals surface area contributed by atoms with Gasteiger partial charge in [0.2, 0.25) is 0 Å². The van der Waals surface area contributed by atoms with Gasteiger partial charge in [-0.2, -0.15) is 26.3 Å². The quantitative estimate of drug-likeness (QED) is 0.414. The van der Waals surface area contributed by atoms with E-state index >= 15 is 0 Å². The summed E-state index contributed by atoms with van der Waals surface area (Å²) in [5.74, 6) is -8.58. The van der Waals surface area contributed by atoms with Gasteiger partial charge in [0, 0.05) is 0 Å². The maximum Gasteiger partial charge on any atom is 0.400 e. The third-order valence-corrected chi connectivity index (χ3v) is 2.26. The molecule has 0 N–H and O–H groups in total. The second-order valence-electron chi connectivity index (χ2n) is 3.58. The molecule has 0 aromatic rings. The monoisotopic (exact) mass is 264 g/mol. The molecule has 1 aliphatic heterocycles. The van der Waals surface area contributed by atoms with Crippen LogP contribution >= 0.6 is 0 Å².